The number of thioether (sulfide) groups is 1. The highest BCUT2D eigenvalue weighted by Gasteiger charge is 2.21. The summed E-state index contributed by atoms with van der Waals surface area (Å²) in [7, 11) is 0. The number of nitrogens with one attached hydrogen (secondary N) is 1. The van der Waals surface area contributed by atoms with Gasteiger partial charge in [-0.2, -0.15) is 5.10 Å². The molecule has 2 heterocycles. The van der Waals surface area contributed by atoms with Gasteiger partial charge in [0.15, 0.2) is 0 Å². The molecule has 0 unspecified atom stereocenters. The maximum Gasteiger partial charge on any atom is 0.345 e. The van der Waals surface area contributed by atoms with Crippen LogP contribution in [0, 0.1) is 0 Å². The van der Waals surface area contributed by atoms with Gasteiger partial charge >= 0.3 is 5.97 Å². The number of esters is 1. The average Bonchev–Trinajstić information content (AvgIpc) is 2.75. The van der Waals surface area contributed by atoms with E-state index in [1.807, 2.05) is 18.2 Å². The predicted octanol–water partition coefficient (Wildman–Crippen LogP) is 2.57. The lowest BCUT2D eigenvalue weighted by atomic mass is 10.2. The topological polar surface area (TPSA) is 55.0 Å². The van der Waals surface area contributed by atoms with E-state index < -0.39 is 0 Å². The fourth-order valence-corrected chi connectivity index (χ4v) is 2.85. The molecule has 0 spiro atoms. The van der Waals surface area contributed by atoms with Crippen molar-refractivity contribution in [2.24, 2.45) is 0 Å². The molecule has 1 aliphatic rings. The normalized spacial score (nSPS) is 13.6. The molecule has 3 rings (SSSR count). The molecule has 1 aromatic carbocycles. The zero-order chi connectivity index (χ0) is 11.8. The molecule has 0 radical (unpaired) electrons. The summed E-state index contributed by atoms with van der Waals surface area (Å²) in [4.78, 5) is 13.3. The van der Waals surface area contributed by atoms with Gasteiger partial charge in [-0.25, -0.2) is 4.79 Å². The lowest BCUT2D eigenvalue weighted by molar-refractivity contribution is -0.137. The molecule has 0 atom stereocenters. The Kier molecular flexibility index (Phi) is 2.40. The van der Waals surface area contributed by atoms with Crippen LogP contribution in [0.4, 0.5) is 0 Å². The fraction of sp³-hybridized carbons (Fsp3) is 0.167. The van der Waals surface area contributed by atoms with E-state index in [0.29, 0.717) is 11.5 Å². The first-order chi connectivity index (χ1) is 8.29. The number of ether oxygens (including phenoxy) is 1. The van der Waals surface area contributed by atoms with Gasteiger partial charge in [0.25, 0.3) is 0 Å². The number of carbonyl (C=O) groups is 1. The number of rotatable bonds is 2. The highest BCUT2D eigenvalue weighted by Crippen LogP contribution is 2.40. The van der Waals surface area contributed by atoms with Crippen LogP contribution < -0.4 is 0 Å². The van der Waals surface area contributed by atoms with Gasteiger partial charge in [-0.3, -0.25) is 5.10 Å². The third kappa shape index (κ3) is 1.63. The fourth-order valence-electron chi connectivity index (χ4n) is 1.83. The van der Waals surface area contributed by atoms with Crippen molar-refractivity contribution in [2.45, 2.75) is 11.8 Å². The SMILES string of the molecule is CCOC(=O)C1=Cc2[nH]nc3cccc(c23)S1. The van der Waals surface area contributed by atoms with Crippen molar-refractivity contribution >= 4 is 34.7 Å². The quantitative estimate of drug-likeness (QED) is 0.827. The second kappa shape index (κ2) is 3.92. The molecule has 5 heteroatoms. The van der Waals surface area contributed by atoms with Crippen LogP contribution in [0.2, 0.25) is 0 Å². The number of carbonyl (C=O) groups excluding carboxylic acids is 1. The molecule has 17 heavy (non-hydrogen) atoms. The molecule has 0 amide bonds. The molecule has 0 bridgehead atoms. The molecule has 1 aromatic heterocycles. The minimum Gasteiger partial charge on any atom is -0.462 e. The average molecular weight is 246 g/mol. The van der Waals surface area contributed by atoms with E-state index in [4.69, 9.17) is 4.74 Å². The molecular weight excluding hydrogens is 236 g/mol. The van der Waals surface area contributed by atoms with E-state index in [1.165, 1.54) is 11.8 Å². The van der Waals surface area contributed by atoms with Crippen LogP contribution >= 0.6 is 11.8 Å². The molecule has 0 fully saturated rings. The Labute approximate surface area is 102 Å². The first-order valence-electron chi connectivity index (χ1n) is 5.33. The third-order valence-electron chi connectivity index (χ3n) is 2.54. The van der Waals surface area contributed by atoms with Crippen LogP contribution in [0.15, 0.2) is 28.0 Å². The van der Waals surface area contributed by atoms with Gasteiger partial charge in [-0.05, 0) is 25.1 Å². The van der Waals surface area contributed by atoms with E-state index in [0.717, 1.165) is 21.5 Å². The van der Waals surface area contributed by atoms with Gasteiger partial charge in [-0.15, -0.1) is 0 Å². The summed E-state index contributed by atoms with van der Waals surface area (Å²) < 4.78 is 5.01. The van der Waals surface area contributed by atoms with Crippen LogP contribution in [0.3, 0.4) is 0 Å². The largest absolute Gasteiger partial charge is 0.462 e. The molecular formula is C12H10N2O2S. The lowest BCUT2D eigenvalue weighted by Crippen LogP contribution is -2.06. The number of aromatic amines is 1. The van der Waals surface area contributed by atoms with Crippen molar-refractivity contribution in [3.8, 4) is 0 Å². The number of nitrogens with zero attached hydrogens (tertiary/aromatic N) is 1. The maximum atomic E-state index is 11.7. The van der Waals surface area contributed by atoms with E-state index in [-0.39, 0.29) is 5.97 Å². The van der Waals surface area contributed by atoms with E-state index in [9.17, 15) is 4.79 Å². The number of hydrogen-bond donors (Lipinski definition) is 1. The van der Waals surface area contributed by atoms with Crippen LogP contribution in [-0.2, 0) is 9.53 Å². The van der Waals surface area contributed by atoms with Crippen LogP contribution in [0.5, 0.6) is 0 Å². The Hall–Kier alpha value is -1.75. The second-order valence-electron chi connectivity index (χ2n) is 3.62. The zero-order valence-electron chi connectivity index (χ0n) is 9.19. The standard InChI is InChI=1S/C12H10N2O2S/c1-2-16-12(15)10-6-8-11-7(13-14-8)4-3-5-9(11)17-10/h3-6H,2H2,1H3,(H,13,14). The van der Waals surface area contributed by atoms with Crippen molar-refractivity contribution in [2.75, 3.05) is 6.61 Å². The van der Waals surface area contributed by atoms with Crippen molar-refractivity contribution in [3.05, 3.63) is 28.8 Å². The number of hydrogen-bond acceptors (Lipinski definition) is 4. The first-order valence-corrected chi connectivity index (χ1v) is 6.15. The molecule has 4 nitrogen and oxygen atoms in total. The summed E-state index contributed by atoms with van der Waals surface area (Å²) in [5.41, 5.74) is 1.79. The van der Waals surface area contributed by atoms with Crippen molar-refractivity contribution < 1.29 is 9.53 Å². The van der Waals surface area contributed by atoms with Gasteiger partial charge < -0.3 is 4.74 Å². The van der Waals surface area contributed by atoms with Gasteiger partial charge in [0, 0.05) is 10.3 Å². The zero-order valence-corrected chi connectivity index (χ0v) is 10.0. The summed E-state index contributed by atoms with van der Waals surface area (Å²) in [6, 6.07) is 5.87. The molecule has 0 aliphatic carbocycles. The van der Waals surface area contributed by atoms with Crippen LogP contribution in [0.1, 0.15) is 12.6 Å². The summed E-state index contributed by atoms with van der Waals surface area (Å²) in [6.45, 7) is 2.19. The Morgan fingerprint density at radius 3 is 3.24 bits per heavy atom. The summed E-state index contributed by atoms with van der Waals surface area (Å²) >= 11 is 1.43. The molecule has 0 saturated carbocycles. The minimum atomic E-state index is -0.283. The van der Waals surface area contributed by atoms with Gasteiger partial charge in [-0.1, -0.05) is 17.8 Å². The van der Waals surface area contributed by atoms with Crippen LogP contribution in [-0.4, -0.2) is 22.8 Å². The molecule has 86 valence electrons. The smallest absolute Gasteiger partial charge is 0.345 e. The minimum absolute atomic E-state index is 0.283. The van der Waals surface area contributed by atoms with Crippen molar-refractivity contribution in [1.29, 1.82) is 0 Å². The highest BCUT2D eigenvalue weighted by molar-refractivity contribution is 8.04. The highest BCUT2D eigenvalue weighted by atomic mass is 32.2. The third-order valence-corrected chi connectivity index (χ3v) is 3.61. The number of benzene rings is 1. The monoisotopic (exact) mass is 246 g/mol. The summed E-state index contributed by atoms with van der Waals surface area (Å²) in [5.74, 6) is -0.283. The first kappa shape index (κ1) is 10.4. The van der Waals surface area contributed by atoms with E-state index in [2.05, 4.69) is 10.2 Å². The van der Waals surface area contributed by atoms with Gasteiger partial charge in [0.05, 0.1) is 22.7 Å². The molecule has 0 saturated heterocycles. The predicted molar refractivity (Wildman–Crippen MR) is 66.6 cm³/mol. The van der Waals surface area contributed by atoms with E-state index >= 15 is 0 Å². The van der Waals surface area contributed by atoms with Crippen LogP contribution in [0.25, 0.3) is 17.0 Å². The number of H-pyrrole nitrogens is 1. The maximum absolute atomic E-state index is 11.7. The lowest BCUT2D eigenvalue weighted by Gasteiger charge is -2.11. The van der Waals surface area contributed by atoms with Gasteiger partial charge in [0.1, 0.15) is 0 Å². The van der Waals surface area contributed by atoms with E-state index in [1.54, 1.807) is 13.0 Å². The van der Waals surface area contributed by atoms with Gasteiger partial charge in [0.2, 0.25) is 0 Å². The summed E-state index contributed by atoms with van der Waals surface area (Å²) in [5, 5.41) is 8.20. The molecule has 1 N–H and O–H groups in total. The summed E-state index contributed by atoms with van der Waals surface area (Å²) in [6.07, 6.45) is 1.80. The van der Waals surface area contributed by atoms with Crippen molar-refractivity contribution in [1.82, 2.24) is 10.2 Å². The Balaban J connectivity index is 2.10. The second-order valence-corrected chi connectivity index (χ2v) is 4.70. The van der Waals surface area contributed by atoms with Crippen molar-refractivity contribution in [3.63, 3.8) is 0 Å². The Bertz CT molecular complexity index is 630. The molecule has 2 aromatic rings. The Morgan fingerprint density at radius 2 is 2.41 bits per heavy atom. The number of aromatic nitrogens is 2. The Morgan fingerprint density at radius 1 is 1.53 bits per heavy atom. The molecule has 1 aliphatic heterocycles.